The fraction of sp³-hybridized carbons (Fsp3) is 0.231. The van der Waals surface area contributed by atoms with Gasteiger partial charge < -0.3 is 15.6 Å². The van der Waals surface area contributed by atoms with Crippen LogP contribution in [0.3, 0.4) is 0 Å². The molecule has 0 atom stereocenters. The number of imidazole rings is 1. The first kappa shape index (κ1) is 14.5. The van der Waals surface area contributed by atoms with E-state index in [0.717, 1.165) is 5.82 Å². The number of nitro benzene ring substituents is 1. The zero-order valence-electron chi connectivity index (χ0n) is 11.4. The molecule has 0 unspecified atom stereocenters. The third-order valence-corrected chi connectivity index (χ3v) is 2.92. The van der Waals surface area contributed by atoms with Crippen LogP contribution in [0.5, 0.6) is 0 Å². The second-order valence-electron chi connectivity index (χ2n) is 4.28. The Morgan fingerprint density at radius 1 is 1.48 bits per heavy atom. The quantitative estimate of drug-likeness (QED) is 0.548. The molecule has 0 saturated heterocycles. The largest absolute Gasteiger partial charge is 0.379 e. The van der Waals surface area contributed by atoms with E-state index >= 15 is 0 Å². The van der Waals surface area contributed by atoms with Crippen LogP contribution >= 0.6 is 0 Å². The highest BCUT2D eigenvalue weighted by atomic mass is 16.6. The van der Waals surface area contributed by atoms with Crippen molar-refractivity contribution in [1.82, 2.24) is 15.3 Å². The molecule has 3 N–H and O–H groups in total. The summed E-state index contributed by atoms with van der Waals surface area (Å²) in [6.07, 6.45) is 3.98. The van der Waals surface area contributed by atoms with Crippen molar-refractivity contribution in [2.45, 2.75) is 6.42 Å². The maximum absolute atomic E-state index is 11.5. The van der Waals surface area contributed by atoms with Gasteiger partial charge in [-0.1, -0.05) is 0 Å². The molecule has 0 aliphatic carbocycles. The SMILES string of the molecule is CNC(=O)c1ccc(NCCc2ncc[nH]2)c([N+](=O)[O-])c1. The summed E-state index contributed by atoms with van der Waals surface area (Å²) in [4.78, 5) is 29.1. The monoisotopic (exact) mass is 289 g/mol. The normalized spacial score (nSPS) is 10.1. The number of aromatic amines is 1. The average molecular weight is 289 g/mol. The number of benzene rings is 1. The summed E-state index contributed by atoms with van der Waals surface area (Å²) in [5.74, 6) is 0.437. The Kier molecular flexibility index (Phi) is 4.50. The first-order valence-electron chi connectivity index (χ1n) is 6.34. The molecule has 0 aliphatic rings. The molecule has 1 aromatic heterocycles. The van der Waals surface area contributed by atoms with Gasteiger partial charge in [-0.15, -0.1) is 0 Å². The van der Waals surface area contributed by atoms with E-state index in [-0.39, 0.29) is 17.2 Å². The van der Waals surface area contributed by atoms with Crippen LogP contribution in [-0.2, 0) is 6.42 Å². The summed E-state index contributed by atoms with van der Waals surface area (Å²) >= 11 is 0. The number of nitrogens with zero attached hydrogens (tertiary/aromatic N) is 2. The highest BCUT2D eigenvalue weighted by Crippen LogP contribution is 2.25. The molecule has 1 aromatic carbocycles. The van der Waals surface area contributed by atoms with Gasteiger partial charge in [0.1, 0.15) is 11.5 Å². The van der Waals surface area contributed by atoms with Crippen molar-refractivity contribution in [3.8, 4) is 0 Å². The van der Waals surface area contributed by atoms with Crippen LogP contribution in [0.2, 0.25) is 0 Å². The molecule has 0 aliphatic heterocycles. The lowest BCUT2D eigenvalue weighted by molar-refractivity contribution is -0.384. The third kappa shape index (κ3) is 3.56. The molecule has 8 heteroatoms. The fourth-order valence-corrected chi connectivity index (χ4v) is 1.87. The summed E-state index contributed by atoms with van der Waals surface area (Å²) in [5, 5.41) is 16.5. The third-order valence-electron chi connectivity index (χ3n) is 2.92. The standard InChI is InChI=1S/C13H15N5O3/c1-14-13(19)9-2-3-10(11(8-9)18(20)21)15-5-4-12-16-6-7-17-12/h2-3,6-8,15H,4-5H2,1H3,(H,14,19)(H,16,17). The van der Waals surface area contributed by atoms with Gasteiger partial charge in [-0.25, -0.2) is 4.98 Å². The molecule has 0 radical (unpaired) electrons. The molecule has 0 fully saturated rings. The molecule has 0 spiro atoms. The van der Waals surface area contributed by atoms with Gasteiger partial charge in [0.25, 0.3) is 11.6 Å². The number of rotatable bonds is 6. The summed E-state index contributed by atoms with van der Waals surface area (Å²) < 4.78 is 0. The summed E-state index contributed by atoms with van der Waals surface area (Å²) in [6.45, 7) is 0.494. The fourth-order valence-electron chi connectivity index (χ4n) is 1.87. The summed E-state index contributed by atoms with van der Waals surface area (Å²) in [7, 11) is 1.48. The topological polar surface area (TPSA) is 113 Å². The van der Waals surface area contributed by atoms with Crippen molar-refractivity contribution in [2.24, 2.45) is 0 Å². The van der Waals surface area contributed by atoms with Crippen LogP contribution in [0.1, 0.15) is 16.2 Å². The lowest BCUT2D eigenvalue weighted by atomic mass is 10.1. The summed E-state index contributed by atoms with van der Waals surface area (Å²) in [6, 6.07) is 4.33. The number of carbonyl (C=O) groups is 1. The molecule has 21 heavy (non-hydrogen) atoms. The molecule has 2 rings (SSSR count). The number of nitrogens with one attached hydrogen (secondary N) is 3. The maximum atomic E-state index is 11.5. The van der Waals surface area contributed by atoms with Gasteiger partial charge in [-0.3, -0.25) is 14.9 Å². The van der Waals surface area contributed by atoms with E-state index in [1.54, 1.807) is 18.5 Å². The van der Waals surface area contributed by atoms with Gasteiger partial charge >= 0.3 is 0 Å². The number of aromatic nitrogens is 2. The van der Waals surface area contributed by atoms with Crippen molar-refractivity contribution in [1.29, 1.82) is 0 Å². The van der Waals surface area contributed by atoms with Crippen molar-refractivity contribution in [2.75, 3.05) is 18.9 Å². The Balaban J connectivity index is 2.11. The van der Waals surface area contributed by atoms with Crippen LogP contribution < -0.4 is 10.6 Å². The molecule has 1 amide bonds. The number of hydrogen-bond donors (Lipinski definition) is 3. The second-order valence-corrected chi connectivity index (χ2v) is 4.28. The number of nitro groups is 1. The first-order valence-corrected chi connectivity index (χ1v) is 6.34. The van der Waals surface area contributed by atoms with Gasteiger partial charge in [0.05, 0.1) is 4.92 Å². The summed E-state index contributed by atoms with van der Waals surface area (Å²) in [5.41, 5.74) is 0.496. The molecule has 8 nitrogen and oxygen atoms in total. The predicted molar refractivity (Wildman–Crippen MR) is 77.3 cm³/mol. The second kappa shape index (κ2) is 6.51. The molecule has 0 bridgehead atoms. The van der Waals surface area contributed by atoms with Crippen molar-refractivity contribution >= 4 is 17.3 Å². The maximum Gasteiger partial charge on any atom is 0.293 e. The highest BCUT2D eigenvalue weighted by Gasteiger charge is 2.16. The Bertz CT molecular complexity index is 639. The van der Waals surface area contributed by atoms with Gasteiger partial charge in [-0.05, 0) is 12.1 Å². The van der Waals surface area contributed by atoms with E-state index < -0.39 is 4.92 Å². The first-order chi connectivity index (χ1) is 10.1. The predicted octanol–water partition coefficient (Wildman–Crippen LogP) is 1.33. The average Bonchev–Trinajstić information content (AvgIpc) is 2.99. The van der Waals surface area contributed by atoms with Gasteiger partial charge in [0.2, 0.25) is 0 Å². The lowest BCUT2D eigenvalue weighted by Crippen LogP contribution is -2.18. The number of H-pyrrole nitrogens is 1. The number of anilines is 1. The minimum absolute atomic E-state index is 0.129. The highest BCUT2D eigenvalue weighted by molar-refractivity contribution is 5.95. The Morgan fingerprint density at radius 3 is 2.90 bits per heavy atom. The van der Waals surface area contributed by atoms with E-state index in [2.05, 4.69) is 20.6 Å². The number of amides is 1. The van der Waals surface area contributed by atoms with Crippen LogP contribution in [0, 0.1) is 10.1 Å². The van der Waals surface area contributed by atoms with E-state index in [9.17, 15) is 14.9 Å². The van der Waals surface area contributed by atoms with Gasteiger partial charge in [0.15, 0.2) is 0 Å². The van der Waals surface area contributed by atoms with Crippen LogP contribution in [0.15, 0.2) is 30.6 Å². The molecule has 0 saturated carbocycles. The van der Waals surface area contributed by atoms with E-state index in [1.165, 1.54) is 19.2 Å². The molecular weight excluding hydrogens is 274 g/mol. The Hall–Kier alpha value is -2.90. The lowest BCUT2D eigenvalue weighted by Gasteiger charge is -2.07. The number of carbonyl (C=O) groups excluding carboxylic acids is 1. The smallest absolute Gasteiger partial charge is 0.293 e. The van der Waals surface area contributed by atoms with E-state index in [1.807, 2.05) is 0 Å². The molecule has 1 heterocycles. The molecule has 2 aromatic rings. The van der Waals surface area contributed by atoms with Gasteiger partial charge in [0, 0.05) is 44.0 Å². The minimum atomic E-state index is -0.512. The van der Waals surface area contributed by atoms with Crippen molar-refractivity contribution in [3.63, 3.8) is 0 Å². The van der Waals surface area contributed by atoms with Gasteiger partial charge in [-0.2, -0.15) is 0 Å². The van der Waals surface area contributed by atoms with Crippen molar-refractivity contribution < 1.29 is 9.72 Å². The van der Waals surface area contributed by atoms with Crippen LogP contribution in [-0.4, -0.2) is 34.4 Å². The molecule has 110 valence electrons. The molecular formula is C13H15N5O3. The van der Waals surface area contributed by atoms with Crippen LogP contribution in [0.4, 0.5) is 11.4 Å². The van der Waals surface area contributed by atoms with Crippen LogP contribution in [0.25, 0.3) is 0 Å². The Labute approximate surface area is 120 Å². The van der Waals surface area contributed by atoms with E-state index in [4.69, 9.17) is 0 Å². The number of hydrogen-bond acceptors (Lipinski definition) is 5. The minimum Gasteiger partial charge on any atom is -0.379 e. The van der Waals surface area contributed by atoms with E-state index in [0.29, 0.717) is 18.7 Å². The zero-order valence-corrected chi connectivity index (χ0v) is 11.4. The van der Waals surface area contributed by atoms with Crippen molar-refractivity contribution in [3.05, 3.63) is 52.1 Å². The Morgan fingerprint density at radius 2 is 2.29 bits per heavy atom. The zero-order chi connectivity index (χ0) is 15.2.